The summed E-state index contributed by atoms with van der Waals surface area (Å²) in [6.07, 6.45) is 6.00. The number of H-pyrrole nitrogens is 1. The van der Waals surface area contributed by atoms with Crippen molar-refractivity contribution in [3.8, 4) is 17.2 Å². The molecule has 0 aliphatic carbocycles. The van der Waals surface area contributed by atoms with Crippen LogP contribution in [0.1, 0.15) is 26.0 Å². The average molecular weight is 594 g/mol. The molecule has 0 saturated carbocycles. The topological polar surface area (TPSA) is 70.2 Å². The van der Waals surface area contributed by atoms with Gasteiger partial charge in [-0.05, 0) is 50.1 Å². The lowest BCUT2D eigenvalue weighted by atomic mass is 9.96. The highest BCUT2D eigenvalue weighted by Gasteiger charge is 2.35. The number of nitrogens with zero attached hydrogens (tertiary/aromatic N) is 2. The minimum atomic E-state index is -0.558. The average Bonchev–Trinajstić information content (AvgIpc) is 3.24. The number of aryl methyl sites for hydroxylation is 1. The zero-order valence-corrected chi connectivity index (χ0v) is 24.7. The Kier molecular flexibility index (Phi) is 12.3. The van der Waals surface area contributed by atoms with Gasteiger partial charge in [-0.25, -0.2) is 0 Å². The van der Waals surface area contributed by atoms with Crippen LogP contribution in [0.4, 0.5) is 5.69 Å². The van der Waals surface area contributed by atoms with Gasteiger partial charge in [0.05, 0.1) is 0 Å². The molecule has 0 radical (unpaired) electrons. The lowest BCUT2D eigenvalue weighted by Crippen LogP contribution is -2.60. The van der Waals surface area contributed by atoms with Crippen molar-refractivity contribution in [3.05, 3.63) is 60.3 Å². The molecular formula is C29H43N3O4S3. The molecule has 216 valence electrons. The third-order valence-electron chi connectivity index (χ3n) is 7.29. The van der Waals surface area contributed by atoms with Gasteiger partial charge in [-0.2, -0.15) is 40.5 Å². The van der Waals surface area contributed by atoms with Crippen LogP contribution < -0.4 is 19.1 Å². The van der Waals surface area contributed by atoms with Crippen LogP contribution in [0.25, 0.3) is 10.9 Å². The first-order valence-electron chi connectivity index (χ1n) is 12.6. The van der Waals surface area contributed by atoms with Gasteiger partial charge in [0.25, 0.3) is 0 Å². The van der Waals surface area contributed by atoms with E-state index in [4.69, 9.17) is 14.2 Å². The Morgan fingerprint density at radius 1 is 0.974 bits per heavy atom. The number of fused-ring (bicyclic) bond motifs is 6. The zero-order valence-electron chi connectivity index (χ0n) is 21.7. The first-order valence-corrected chi connectivity index (χ1v) is 12.6. The van der Waals surface area contributed by atoms with Gasteiger partial charge in [-0.15, -0.1) is 0 Å². The second-order valence-corrected chi connectivity index (χ2v) is 9.82. The van der Waals surface area contributed by atoms with E-state index in [0.717, 1.165) is 59.8 Å². The van der Waals surface area contributed by atoms with Crippen LogP contribution in [0.5, 0.6) is 17.2 Å². The van der Waals surface area contributed by atoms with Gasteiger partial charge in [0, 0.05) is 60.1 Å². The number of aliphatic hydroxyl groups is 1. The summed E-state index contributed by atoms with van der Waals surface area (Å²) in [4.78, 5) is 8.28. The molecule has 1 saturated heterocycles. The Labute approximate surface area is 252 Å². The monoisotopic (exact) mass is 593 g/mol. The van der Waals surface area contributed by atoms with Crippen molar-refractivity contribution >= 4 is 57.1 Å². The number of aromatic nitrogens is 1. The number of hydrogen-bond donors (Lipinski definition) is 2. The van der Waals surface area contributed by atoms with Crippen LogP contribution in [0.3, 0.4) is 0 Å². The predicted molar refractivity (Wildman–Crippen MR) is 175 cm³/mol. The Hall–Kier alpha value is -2.11. The van der Waals surface area contributed by atoms with Gasteiger partial charge in [0.1, 0.15) is 31.7 Å². The van der Waals surface area contributed by atoms with Gasteiger partial charge >= 0.3 is 0 Å². The second kappa shape index (κ2) is 14.5. The summed E-state index contributed by atoms with van der Waals surface area (Å²) in [5, 5.41) is 12.0. The van der Waals surface area contributed by atoms with Gasteiger partial charge in [0.15, 0.2) is 11.5 Å². The van der Waals surface area contributed by atoms with Crippen LogP contribution in [-0.2, 0) is 0 Å². The molecule has 4 aliphatic rings. The van der Waals surface area contributed by atoms with Crippen molar-refractivity contribution in [1.29, 1.82) is 0 Å². The number of anilines is 1. The van der Waals surface area contributed by atoms with Crippen LogP contribution in [0.15, 0.2) is 54.6 Å². The molecule has 1 aromatic heterocycles. The van der Waals surface area contributed by atoms with E-state index in [1.807, 2.05) is 31.2 Å². The lowest BCUT2D eigenvalue weighted by Gasteiger charge is -2.49. The molecule has 5 heterocycles. The van der Waals surface area contributed by atoms with E-state index >= 15 is 0 Å². The molecule has 10 heteroatoms. The number of aromatic amines is 1. The molecule has 2 aromatic carbocycles. The Morgan fingerprint density at radius 3 is 2.51 bits per heavy atom. The predicted octanol–water partition coefficient (Wildman–Crippen LogP) is 4.87. The summed E-state index contributed by atoms with van der Waals surface area (Å²) in [7, 11) is 0. The number of hydrogen-bond acceptors (Lipinski definition) is 6. The fourth-order valence-electron chi connectivity index (χ4n) is 5.59. The first kappa shape index (κ1) is 33.1. The Balaban J connectivity index is 0.00000133. The SMILES string of the molecule is C.Cc1cc2c(OC[C@@H](O)CN3C[C@@H]4C/C=C\C[C@H]3CN4c3ccc4c(c3)OCCO4)cccc2[nH]1.S.S.S. The van der Waals surface area contributed by atoms with Crippen LogP contribution in [0, 0.1) is 6.92 Å². The summed E-state index contributed by atoms with van der Waals surface area (Å²) in [5.41, 5.74) is 3.34. The minimum Gasteiger partial charge on any atom is -0.490 e. The molecule has 4 aliphatic heterocycles. The van der Waals surface area contributed by atoms with Crippen molar-refractivity contribution < 1.29 is 19.3 Å². The molecule has 3 aromatic rings. The molecule has 3 atom stereocenters. The smallest absolute Gasteiger partial charge is 0.163 e. The lowest BCUT2D eigenvalue weighted by molar-refractivity contribution is 0.0408. The number of aliphatic hydroxyl groups excluding tert-OH is 1. The van der Waals surface area contributed by atoms with Gasteiger partial charge < -0.3 is 29.2 Å². The highest BCUT2D eigenvalue weighted by molar-refractivity contribution is 7.59. The van der Waals surface area contributed by atoms with Gasteiger partial charge in [-0.3, -0.25) is 4.90 Å². The van der Waals surface area contributed by atoms with E-state index in [1.165, 1.54) is 5.69 Å². The number of nitrogens with one attached hydrogen (secondary N) is 1. The number of ether oxygens (including phenoxy) is 3. The van der Waals surface area contributed by atoms with Gasteiger partial charge in [0.2, 0.25) is 0 Å². The number of benzene rings is 2. The molecular weight excluding hydrogens is 551 g/mol. The number of piperazine rings is 1. The fourth-order valence-corrected chi connectivity index (χ4v) is 5.59. The second-order valence-electron chi connectivity index (χ2n) is 9.82. The largest absolute Gasteiger partial charge is 0.490 e. The quantitative estimate of drug-likeness (QED) is 0.398. The Bertz CT molecular complexity index is 1240. The highest BCUT2D eigenvalue weighted by atomic mass is 32.1. The van der Waals surface area contributed by atoms with Crippen molar-refractivity contribution in [2.45, 2.75) is 45.4 Å². The summed E-state index contributed by atoms with van der Waals surface area (Å²) < 4.78 is 17.6. The van der Waals surface area contributed by atoms with Gasteiger partial charge in [-0.1, -0.05) is 25.6 Å². The van der Waals surface area contributed by atoms with E-state index < -0.39 is 6.10 Å². The number of rotatable bonds is 6. The minimum absolute atomic E-state index is 0. The molecule has 0 amide bonds. The van der Waals surface area contributed by atoms with E-state index in [9.17, 15) is 5.11 Å². The highest BCUT2D eigenvalue weighted by Crippen LogP contribution is 2.37. The third-order valence-corrected chi connectivity index (χ3v) is 7.29. The van der Waals surface area contributed by atoms with E-state index in [2.05, 4.69) is 45.1 Å². The molecule has 39 heavy (non-hydrogen) atoms. The summed E-state index contributed by atoms with van der Waals surface area (Å²) in [6, 6.07) is 15.0. The third kappa shape index (κ3) is 7.16. The normalized spacial score (nSPS) is 21.2. The maximum Gasteiger partial charge on any atom is 0.163 e. The maximum atomic E-state index is 10.9. The molecule has 2 N–H and O–H groups in total. The zero-order chi connectivity index (χ0) is 23.8. The van der Waals surface area contributed by atoms with Crippen molar-refractivity contribution in [1.82, 2.24) is 9.88 Å². The molecule has 0 unspecified atom stereocenters. The van der Waals surface area contributed by atoms with E-state index in [1.54, 1.807) is 0 Å². The Morgan fingerprint density at radius 2 is 1.72 bits per heavy atom. The van der Waals surface area contributed by atoms with Crippen molar-refractivity contribution in [3.63, 3.8) is 0 Å². The fraction of sp³-hybridized carbons (Fsp3) is 0.448. The molecule has 0 spiro atoms. The maximum absolute atomic E-state index is 10.9. The molecule has 7 nitrogen and oxygen atoms in total. The molecule has 2 bridgehead atoms. The summed E-state index contributed by atoms with van der Waals surface area (Å²) in [6.45, 7) is 5.95. The first-order chi connectivity index (χ1) is 17.1. The van der Waals surface area contributed by atoms with Crippen LogP contribution in [0.2, 0.25) is 0 Å². The standard InChI is InChI=1S/C28H33N3O4.CH4.3H2S/c1-19-13-24-25(29-19)7-4-8-26(24)35-18-23(32)17-30-15-22-6-3-2-5-21(30)16-31(22)20-9-10-27-28(14-20)34-12-11-33-27;;;;/h2-4,7-10,13-14,21-23,29,32H,5-6,11-12,15-18H2,1H3;1H4;3*1H2/b3-2-;;;;/t21-,22-,23-;;;;/m0..../s1. The van der Waals surface area contributed by atoms with E-state index in [-0.39, 0.29) is 54.5 Å². The van der Waals surface area contributed by atoms with Crippen LogP contribution in [-0.4, -0.2) is 72.6 Å². The van der Waals surface area contributed by atoms with Crippen molar-refractivity contribution in [2.75, 3.05) is 44.4 Å². The van der Waals surface area contributed by atoms with Crippen LogP contribution >= 0.6 is 40.5 Å². The summed E-state index contributed by atoms with van der Waals surface area (Å²) in [5.74, 6) is 2.47. The van der Waals surface area contributed by atoms with E-state index in [0.29, 0.717) is 31.8 Å². The summed E-state index contributed by atoms with van der Waals surface area (Å²) >= 11 is 0. The molecule has 7 rings (SSSR count). The van der Waals surface area contributed by atoms with Crippen molar-refractivity contribution in [2.24, 2.45) is 0 Å². The molecule has 1 fully saturated rings.